The van der Waals surface area contributed by atoms with Crippen molar-refractivity contribution in [1.29, 1.82) is 0 Å². The molecule has 30 heavy (non-hydrogen) atoms. The third-order valence-electron chi connectivity index (χ3n) is 4.79. The van der Waals surface area contributed by atoms with Crippen LogP contribution in [0.15, 0.2) is 82.2 Å². The fourth-order valence-electron chi connectivity index (χ4n) is 3.31. The van der Waals surface area contributed by atoms with Crippen molar-refractivity contribution in [3.8, 4) is 22.6 Å². The fourth-order valence-corrected chi connectivity index (χ4v) is 3.31. The first-order chi connectivity index (χ1) is 14.7. The van der Waals surface area contributed by atoms with Gasteiger partial charge >= 0.3 is 0 Å². The number of aromatic nitrogens is 3. The summed E-state index contributed by atoms with van der Waals surface area (Å²) >= 11 is 0. The number of amides is 1. The molecule has 3 aromatic heterocycles. The van der Waals surface area contributed by atoms with E-state index in [0.29, 0.717) is 39.5 Å². The Labute approximate surface area is 171 Å². The number of rotatable bonds is 4. The van der Waals surface area contributed by atoms with Gasteiger partial charge in [-0.2, -0.15) is 0 Å². The van der Waals surface area contributed by atoms with Gasteiger partial charge in [-0.1, -0.05) is 35.5 Å². The molecule has 0 spiro atoms. The van der Waals surface area contributed by atoms with Crippen molar-refractivity contribution < 1.29 is 13.7 Å². The number of benzene rings is 2. The van der Waals surface area contributed by atoms with E-state index in [4.69, 9.17) is 8.94 Å². The SMILES string of the molecule is Cc1noc2nc(-c3ccccc3)cc(C(=O)Nc3ccc(-c4cnco4)cc3)c12. The van der Waals surface area contributed by atoms with Crippen molar-refractivity contribution in [1.82, 2.24) is 15.1 Å². The summed E-state index contributed by atoms with van der Waals surface area (Å²) in [5.41, 5.74) is 4.46. The zero-order chi connectivity index (χ0) is 20.5. The van der Waals surface area contributed by atoms with Crippen molar-refractivity contribution in [2.75, 3.05) is 5.32 Å². The Bertz CT molecular complexity index is 1320. The van der Waals surface area contributed by atoms with Crippen LogP contribution >= 0.6 is 0 Å². The molecule has 0 bridgehead atoms. The maximum atomic E-state index is 13.1. The molecule has 7 heteroatoms. The number of oxazole rings is 1. The predicted octanol–water partition coefficient (Wildman–Crippen LogP) is 5.11. The van der Waals surface area contributed by atoms with E-state index in [0.717, 1.165) is 11.1 Å². The second kappa shape index (κ2) is 7.29. The molecule has 0 aliphatic carbocycles. The van der Waals surface area contributed by atoms with Gasteiger partial charge in [-0.25, -0.2) is 9.97 Å². The van der Waals surface area contributed by atoms with Gasteiger partial charge in [-0.15, -0.1) is 0 Å². The van der Waals surface area contributed by atoms with Crippen LogP contribution in [0.3, 0.4) is 0 Å². The summed E-state index contributed by atoms with van der Waals surface area (Å²) in [6, 6.07) is 18.7. The Morgan fingerprint density at radius 3 is 2.53 bits per heavy atom. The molecule has 7 nitrogen and oxygen atoms in total. The van der Waals surface area contributed by atoms with Gasteiger partial charge in [0, 0.05) is 16.8 Å². The quantitative estimate of drug-likeness (QED) is 0.454. The van der Waals surface area contributed by atoms with Crippen LogP contribution in [0.25, 0.3) is 33.7 Å². The minimum atomic E-state index is -0.265. The molecular weight excluding hydrogens is 380 g/mol. The smallest absolute Gasteiger partial charge is 0.259 e. The highest BCUT2D eigenvalue weighted by Gasteiger charge is 2.19. The van der Waals surface area contributed by atoms with Gasteiger partial charge in [0.25, 0.3) is 11.6 Å². The summed E-state index contributed by atoms with van der Waals surface area (Å²) in [4.78, 5) is 21.6. The molecular formula is C23H16N4O3. The van der Waals surface area contributed by atoms with E-state index in [9.17, 15) is 4.79 Å². The summed E-state index contributed by atoms with van der Waals surface area (Å²) in [5, 5.41) is 7.53. The minimum Gasteiger partial charge on any atom is -0.444 e. The lowest BCUT2D eigenvalue weighted by Crippen LogP contribution is -2.13. The molecule has 0 unspecified atom stereocenters. The first kappa shape index (κ1) is 17.8. The fraction of sp³-hybridized carbons (Fsp3) is 0.0435. The van der Waals surface area contributed by atoms with Crippen LogP contribution in [-0.2, 0) is 0 Å². The molecule has 1 N–H and O–H groups in total. The Balaban J connectivity index is 1.50. The van der Waals surface area contributed by atoms with Crippen LogP contribution in [0.1, 0.15) is 16.1 Å². The second-order valence-corrected chi connectivity index (χ2v) is 6.77. The Morgan fingerprint density at radius 1 is 1.00 bits per heavy atom. The number of aryl methyl sites for hydroxylation is 1. The summed E-state index contributed by atoms with van der Waals surface area (Å²) in [7, 11) is 0. The van der Waals surface area contributed by atoms with Crippen molar-refractivity contribution in [2.24, 2.45) is 0 Å². The molecule has 0 aliphatic heterocycles. The lowest BCUT2D eigenvalue weighted by atomic mass is 10.0. The van der Waals surface area contributed by atoms with Crippen LogP contribution in [0, 0.1) is 6.92 Å². The predicted molar refractivity (Wildman–Crippen MR) is 112 cm³/mol. The molecule has 146 valence electrons. The Morgan fingerprint density at radius 2 is 1.80 bits per heavy atom. The van der Waals surface area contributed by atoms with Crippen LogP contribution in [0.5, 0.6) is 0 Å². The number of pyridine rings is 1. The molecule has 0 atom stereocenters. The van der Waals surface area contributed by atoms with Gasteiger partial charge in [0.05, 0.1) is 28.5 Å². The summed E-state index contributed by atoms with van der Waals surface area (Å²) in [6.07, 6.45) is 3.02. The third-order valence-corrected chi connectivity index (χ3v) is 4.79. The van der Waals surface area contributed by atoms with Crippen molar-refractivity contribution in [3.63, 3.8) is 0 Å². The number of carbonyl (C=O) groups excluding carboxylic acids is 1. The zero-order valence-electron chi connectivity index (χ0n) is 16.0. The standard InChI is InChI=1S/C23H16N4O3/c1-14-21-18(11-19(26-23(21)30-27-14)15-5-3-2-4-6-15)22(28)25-17-9-7-16(8-10-17)20-12-24-13-29-20/h2-13H,1H3,(H,25,28). The van der Waals surface area contributed by atoms with E-state index in [1.165, 1.54) is 6.39 Å². The highest BCUT2D eigenvalue weighted by atomic mass is 16.5. The molecule has 2 aromatic carbocycles. The van der Waals surface area contributed by atoms with Gasteiger partial charge in [0.15, 0.2) is 12.2 Å². The molecule has 1 amide bonds. The summed E-state index contributed by atoms with van der Waals surface area (Å²) in [5.74, 6) is 0.398. The Kier molecular flexibility index (Phi) is 4.33. The highest BCUT2D eigenvalue weighted by Crippen LogP contribution is 2.28. The van der Waals surface area contributed by atoms with Gasteiger partial charge < -0.3 is 14.3 Å². The van der Waals surface area contributed by atoms with Crippen LogP contribution < -0.4 is 5.32 Å². The van der Waals surface area contributed by atoms with E-state index in [-0.39, 0.29) is 5.91 Å². The number of nitrogens with one attached hydrogen (secondary N) is 1. The first-order valence-electron chi connectivity index (χ1n) is 9.32. The first-order valence-corrected chi connectivity index (χ1v) is 9.32. The molecule has 0 aliphatic rings. The number of anilines is 1. The molecule has 0 radical (unpaired) electrons. The lowest BCUT2D eigenvalue weighted by Gasteiger charge is -2.09. The minimum absolute atomic E-state index is 0.265. The van der Waals surface area contributed by atoms with Gasteiger partial charge in [0.2, 0.25) is 0 Å². The van der Waals surface area contributed by atoms with Gasteiger partial charge in [0.1, 0.15) is 0 Å². The van der Waals surface area contributed by atoms with E-state index in [2.05, 4.69) is 20.4 Å². The molecule has 5 rings (SSSR count). The second-order valence-electron chi connectivity index (χ2n) is 6.77. The lowest BCUT2D eigenvalue weighted by molar-refractivity contribution is 0.102. The van der Waals surface area contributed by atoms with Crippen molar-refractivity contribution >= 4 is 22.7 Å². The maximum absolute atomic E-state index is 13.1. The monoisotopic (exact) mass is 396 g/mol. The molecule has 0 fully saturated rings. The maximum Gasteiger partial charge on any atom is 0.259 e. The Hall–Kier alpha value is -4.26. The number of fused-ring (bicyclic) bond motifs is 1. The van der Waals surface area contributed by atoms with Crippen LogP contribution in [0.2, 0.25) is 0 Å². The van der Waals surface area contributed by atoms with Gasteiger partial charge in [-0.3, -0.25) is 4.79 Å². The van der Waals surface area contributed by atoms with Crippen LogP contribution in [0.4, 0.5) is 5.69 Å². The van der Waals surface area contributed by atoms with E-state index >= 15 is 0 Å². The number of hydrogen-bond donors (Lipinski definition) is 1. The summed E-state index contributed by atoms with van der Waals surface area (Å²) in [6.45, 7) is 1.79. The summed E-state index contributed by atoms with van der Waals surface area (Å²) < 4.78 is 10.6. The topological polar surface area (TPSA) is 94.0 Å². The van der Waals surface area contributed by atoms with E-state index in [1.54, 1.807) is 19.2 Å². The largest absolute Gasteiger partial charge is 0.444 e. The van der Waals surface area contributed by atoms with Crippen molar-refractivity contribution in [3.05, 3.63) is 84.5 Å². The average Bonchev–Trinajstić information content (AvgIpc) is 3.45. The number of hydrogen-bond acceptors (Lipinski definition) is 6. The number of nitrogens with zero attached hydrogens (tertiary/aromatic N) is 3. The van der Waals surface area contributed by atoms with Crippen LogP contribution in [-0.4, -0.2) is 21.0 Å². The van der Waals surface area contributed by atoms with E-state index < -0.39 is 0 Å². The molecule has 0 saturated heterocycles. The van der Waals surface area contributed by atoms with E-state index in [1.807, 2.05) is 54.6 Å². The number of carbonyl (C=O) groups is 1. The normalized spacial score (nSPS) is 11.0. The van der Waals surface area contributed by atoms with Crippen molar-refractivity contribution in [2.45, 2.75) is 6.92 Å². The third kappa shape index (κ3) is 3.22. The highest BCUT2D eigenvalue weighted by molar-refractivity contribution is 6.13. The van der Waals surface area contributed by atoms with Gasteiger partial charge in [-0.05, 0) is 37.3 Å². The molecule has 3 heterocycles. The molecule has 0 saturated carbocycles. The molecule has 5 aromatic rings. The average molecular weight is 396 g/mol. The zero-order valence-corrected chi connectivity index (χ0v) is 16.0.